The van der Waals surface area contributed by atoms with Gasteiger partial charge in [-0.2, -0.15) is 0 Å². The van der Waals surface area contributed by atoms with Crippen LogP contribution in [-0.4, -0.2) is 19.3 Å². The molecule has 0 rings (SSSR count). The van der Waals surface area contributed by atoms with E-state index in [1.807, 2.05) is 6.08 Å². The van der Waals surface area contributed by atoms with Crippen LogP contribution in [0.25, 0.3) is 0 Å². The maximum atomic E-state index is 9.35. The molecule has 0 aliphatic carbocycles. The zero-order valence-electron chi connectivity index (χ0n) is 8.09. The normalized spacial score (nSPS) is 15.7. The first-order valence-corrected chi connectivity index (χ1v) is 7.91. The Labute approximate surface area is 71.1 Å². The number of hydrogen-bond acceptors (Lipinski definition) is 1. The largest absolute Gasteiger partial charge is 0.389 e. The van der Waals surface area contributed by atoms with Gasteiger partial charge in [0.1, 0.15) is 0 Å². The molecule has 1 unspecified atom stereocenters. The molecule has 0 aromatic carbocycles. The van der Waals surface area contributed by atoms with Crippen molar-refractivity contribution in [1.82, 2.24) is 0 Å². The molecule has 0 aromatic heterocycles. The van der Waals surface area contributed by atoms with Crippen molar-refractivity contribution in [2.45, 2.75) is 45.5 Å². The van der Waals surface area contributed by atoms with Crippen LogP contribution in [0.15, 0.2) is 11.8 Å². The molecule has 0 fully saturated rings. The van der Waals surface area contributed by atoms with Crippen LogP contribution in [0.1, 0.15) is 19.8 Å². The summed E-state index contributed by atoms with van der Waals surface area (Å²) in [5.41, 5.74) is 2.20. The zero-order chi connectivity index (χ0) is 8.91. The molecule has 0 heterocycles. The second kappa shape index (κ2) is 4.73. The highest BCUT2D eigenvalue weighted by atomic mass is 28.3. The predicted octanol–water partition coefficient (Wildman–Crippen LogP) is 2.58. The number of rotatable bonds is 4. The summed E-state index contributed by atoms with van der Waals surface area (Å²) in [4.78, 5) is 0. The van der Waals surface area contributed by atoms with Crippen molar-refractivity contribution < 1.29 is 5.11 Å². The van der Waals surface area contributed by atoms with E-state index in [1.165, 1.54) is 0 Å². The van der Waals surface area contributed by atoms with E-state index in [0.29, 0.717) is 0 Å². The average molecular weight is 172 g/mol. The fourth-order valence-electron chi connectivity index (χ4n) is 0.792. The summed E-state index contributed by atoms with van der Waals surface area (Å²) in [6, 6.07) is 0. The monoisotopic (exact) mass is 172 g/mol. The summed E-state index contributed by atoms with van der Waals surface area (Å²) in [6.07, 6.45) is 3.68. The molecule has 0 saturated heterocycles. The van der Waals surface area contributed by atoms with Gasteiger partial charge in [0.05, 0.1) is 14.2 Å². The van der Waals surface area contributed by atoms with Crippen molar-refractivity contribution in [3.05, 3.63) is 11.8 Å². The fraction of sp³-hybridized carbons (Fsp3) is 0.778. The first-order valence-electron chi connectivity index (χ1n) is 4.33. The minimum atomic E-state index is -1.09. The molecule has 0 aliphatic heterocycles. The van der Waals surface area contributed by atoms with Gasteiger partial charge in [-0.1, -0.05) is 44.8 Å². The lowest BCUT2D eigenvalue weighted by atomic mass is 10.2. The maximum absolute atomic E-state index is 9.35. The van der Waals surface area contributed by atoms with Gasteiger partial charge in [0.25, 0.3) is 0 Å². The van der Waals surface area contributed by atoms with Gasteiger partial charge in [-0.3, -0.25) is 0 Å². The number of aliphatic hydroxyl groups excluding tert-OH is 1. The van der Waals surface area contributed by atoms with E-state index in [4.69, 9.17) is 0 Å². The standard InChI is InChI=1S/C9H20OSi/c1-5-6-9(10)7-8-11(2,3)4/h7-10H,5-6H2,1-4H3/b8-7+. The van der Waals surface area contributed by atoms with Gasteiger partial charge >= 0.3 is 0 Å². The summed E-state index contributed by atoms with van der Waals surface area (Å²) in [5, 5.41) is 9.35. The lowest BCUT2D eigenvalue weighted by molar-refractivity contribution is 0.212. The Morgan fingerprint density at radius 1 is 1.36 bits per heavy atom. The molecular formula is C9H20OSi. The molecule has 0 amide bonds. The Balaban J connectivity index is 3.73. The first kappa shape index (κ1) is 10.9. The quantitative estimate of drug-likeness (QED) is 0.646. The van der Waals surface area contributed by atoms with Crippen molar-refractivity contribution in [1.29, 1.82) is 0 Å². The van der Waals surface area contributed by atoms with Gasteiger partial charge in [0.2, 0.25) is 0 Å². The Morgan fingerprint density at radius 3 is 2.27 bits per heavy atom. The van der Waals surface area contributed by atoms with E-state index < -0.39 is 8.07 Å². The lowest BCUT2D eigenvalue weighted by Crippen LogP contribution is -2.17. The van der Waals surface area contributed by atoms with Crippen molar-refractivity contribution in [2.75, 3.05) is 0 Å². The fourth-order valence-corrected chi connectivity index (χ4v) is 1.59. The molecule has 11 heavy (non-hydrogen) atoms. The topological polar surface area (TPSA) is 20.2 Å². The van der Waals surface area contributed by atoms with Crippen LogP contribution in [0.5, 0.6) is 0 Å². The molecule has 0 aliphatic rings. The van der Waals surface area contributed by atoms with E-state index in [2.05, 4.69) is 32.3 Å². The highest BCUT2D eigenvalue weighted by Gasteiger charge is 2.07. The van der Waals surface area contributed by atoms with Crippen LogP contribution in [0.4, 0.5) is 0 Å². The number of aliphatic hydroxyl groups is 1. The molecule has 2 heteroatoms. The molecule has 0 radical (unpaired) electrons. The SMILES string of the molecule is CCCC(O)/C=C/[Si](C)(C)C. The average Bonchev–Trinajstić information content (AvgIpc) is 1.83. The molecule has 0 saturated carbocycles. The molecule has 0 bridgehead atoms. The third-order valence-corrected chi connectivity index (χ3v) is 2.60. The third-order valence-electron chi connectivity index (χ3n) is 1.40. The Hall–Kier alpha value is -0.0831. The highest BCUT2D eigenvalue weighted by Crippen LogP contribution is 2.05. The molecule has 0 aromatic rings. The van der Waals surface area contributed by atoms with Gasteiger partial charge in [0.15, 0.2) is 0 Å². The van der Waals surface area contributed by atoms with Crippen LogP contribution >= 0.6 is 0 Å². The van der Waals surface area contributed by atoms with E-state index in [9.17, 15) is 5.11 Å². The van der Waals surface area contributed by atoms with E-state index in [-0.39, 0.29) is 6.10 Å². The lowest BCUT2D eigenvalue weighted by Gasteiger charge is -2.10. The second-order valence-electron chi connectivity index (χ2n) is 4.08. The molecule has 1 N–H and O–H groups in total. The van der Waals surface area contributed by atoms with Gasteiger partial charge < -0.3 is 5.11 Å². The van der Waals surface area contributed by atoms with Crippen molar-refractivity contribution in [2.24, 2.45) is 0 Å². The second-order valence-corrected chi connectivity index (χ2v) is 9.15. The zero-order valence-corrected chi connectivity index (χ0v) is 9.09. The van der Waals surface area contributed by atoms with Crippen LogP contribution in [0.2, 0.25) is 19.6 Å². The van der Waals surface area contributed by atoms with E-state index >= 15 is 0 Å². The Bertz CT molecular complexity index is 124. The highest BCUT2D eigenvalue weighted by molar-refractivity contribution is 6.80. The van der Waals surface area contributed by atoms with E-state index in [0.717, 1.165) is 12.8 Å². The summed E-state index contributed by atoms with van der Waals surface area (Å²) in [6.45, 7) is 8.89. The van der Waals surface area contributed by atoms with Gasteiger partial charge in [-0.05, 0) is 6.42 Å². The number of hydrogen-bond donors (Lipinski definition) is 1. The van der Waals surface area contributed by atoms with Crippen LogP contribution < -0.4 is 0 Å². The Morgan fingerprint density at radius 2 is 1.91 bits per heavy atom. The summed E-state index contributed by atoms with van der Waals surface area (Å²) < 4.78 is 0. The van der Waals surface area contributed by atoms with Gasteiger partial charge in [0, 0.05) is 0 Å². The summed E-state index contributed by atoms with van der Waals surface area (Å²) in [7, 11) is -1.09. The Kier molecular flexibility index (Phi) is 4.69. The third kappa shape index (κ3) is 7.82. The first-order chi connectivity index (χ1) is 4.95. The molecule has 1 nitrogen and oxygen atoms in total. The van der Waals surface area contributed by atoms with Crippen LogP contribution in [0, 0.1) is 0 Å². The van der Waals surface area contributed by atoms with Crippen molar-refractivity contribution in [3.8, 4) is 0 Å². The van der Waals surface area contributed by atoms with Crippen LogP contribution in [0.3, 0.4) is 0 Å². The van der Waals surface area contributed by atoms with Gasteiger partial charge in [-0.25, -0.2) is 0 Å². The molecule has 66 valence electrons. The van der Waals surface area contributed by atoms with Crippen molar-refractivity contribution >= 4 is 8.07 Å². The molecule has 0 spiro atoms. The van der Waals surface area contributed by atoms with Gasteiger partial charge in [-0.15, -0.1) is 0 Å². The predicted molar refractivity (Wildman–Crippen MR) is 53.4 cm³/mol. The maximum Gasteiger partial charge on any atom is 0.0717 e. The van der Waals surface area contributed by atoms with E-state index in [1.54, 1.807) is 0 Å². The minimum Gasteiger partial charge on any atom is -0.389 e. The minimum absolute atomic E-state index is 0.216. The summed E-state index contributed by atoms with van der Waals surface area (Å²) in [5.74, 6) is 0. The summed E-state index contributed by atoms with van der Waals surface area (Å²) >= 11 is 0. The van der Waals surface area contributed by atoms with Crippen molar-refractivity contribution in [3.63, 3.8) is 0 Å². The molecule has 1 atom stereocenters. The molecular weight excluding hydrogens is 152 g/mol. The van der Waals surface area contributed by atoms with Crippen LogP contribution in [-0.2, 0) is 0 Å². The smallest absolute Gasteiger partial charge is 0.0717 e.